The second kappa shape index (κ2) is 3.43. The molecule has 1 rings (SSSR count). The predicted octanol–water partition coefficient (Wildman–Crippen LogP) is 1.72. The van der Waals surface area contributed by atoms with Crippen molar-refractivity contribution < 1.29 is 19.4 Å². The number of phenolic OH excluding ortho intramolecular Hbond substituents is 1. The summed E-state index contributed by atoms with van der Waals surface area (Å²) in [6, 6.07) is 3.83. The third kappa shape index (κ3) is 1.77. The van der Waals surface area contributed by atoms with Gasteiger partial charge in [-0.1, -0.05) is 12.1 Å². The zero-order chi connectivity index (χ0) is 10.0. The van der Waals surface area contributed by atoms with Crippen LogP contribution in [0.15, 0.2) is 18.2 Å². The van der Waals surface area contributed by atoms with E-state index >= 15 is 0 Å². The van der Waals surface area contributed by atoms with E-state index < -0.39 is 23.5 Å². The highest BCUT2D eigenvalue weighted by Gasteiger charge is 2.18. The highest BCUT2D eigenvalue weighted by atomic mass is 19.1. The zero-order valence-electron chi connectivity index (χ0n) is 6.99. The summed E-state index contributed by atoms with van der Waals surface area (Å²) in [6.07, 6.45) is 0. The molecule has 0 saturated heterocycles. The van der Waals surface area contributed by atoms with Crippen LogP contribution in [0.2, 0.25) is 0 Å². The van der Waals surface area contributed by atoms with Gasteiger partial charge >= 0.3 is 5.97 Å². The minimum Gasteiger partial charge on any atom is -0.505 e. The molecule has 0 saturated carbocycles. The molecule has 0 spiro atoms. The summed E-state index contributed by atoms with van der Waals surface area (Å²) >= 11 is 0. The van der Waals surface area contributed by atoms with Crippen molar-refractivity contribution in [2.75, 3.05) is 0 Å². The molecule has 1 aromatic rings. The molecule has 0 amide bonds. The van der Waals surface area contributed by atoms with Gasteiger partial charge in [-0.05, 0) is 13.0 Å². The number of hydrogen-bond donors (Lipinski definition) is 2. The molecule has 13 heavy (non-hydrogen) atoms. The first-order valence-electron chi connectivity index (χ1n) is 3.74. The average molecular weight is 184 g/mol. The molecular formula is C9H9FO3. The SMILES string of the molecule is CC(C(=O)O)c1cccc(F)c1O. The van der Waals surface area contributed by atoms with Crippen LogP contribution in [0, 0.1) is 5.82 Å². The topological polar surface area (TPSA) is 57.5 Å². The van der Waals surface area contributed by atoms with Crippen molar-refractivity contribution >= 4 is 5.97 Å². The van der Waals surface area contributed by atoms with Gasteiger partial charge in [-0.2, -0.15) is 0 Å². The zero-order valence-corrected chi connectivity index (χ0v) is 6.99. The van der Waals surface area contributed by atoms with Crippen LogP contribution in [0.4, 0.5) is 4.39 Å². The maximum absolute atomic E-state index is 12.8. The second-order valence-electron chi connectivity index (χ2n) is 2.74. The molecule has 0 radical (unpaired) electrons. The fourth-order valence-electron chi connectivity index (χ4n) is 1.01. The van der Waals surface area contributed by atoms with Gasteiger partial charge < -0.3 is 10.2 Å². The molecule has 3 nitrogen and oxygen atoms in total. The van der Waals surface area contributed by atoms with Crippen molar-refractivity contribution in [3.63, 3.8) is 0 Å². The van der Waals surface area contributed by atoms with Crippen molar-refractivity contribution in [2.24, 2.45) is 0 Å². The Hall–Kier alpha value is -1.58. The Morgan fingerprint density at radius 3 is 2.69 bits per heavy atom. The highest BCUT2D eigenvalue weighted by Crippen LogP contribution is 2.27. The Balaban J connectivity index is 3.15. The maximum atomic E-state index is 12.8. The maximum Gasteiger partial charge on any atom is 0.310 e. The Bertz CT molecular complexity index is 336. The van der Waals surface area contributed by atoms with Crippen molar-refractivity contribution in [1.82, 2.24) is 0 Å². The molecule has 0 aliphatic carbocycles. The fourth-order valence-corrected chi connectivity index (χ4v) is 1.01. The summed E-state index contributed by atoms with van der Waals surface area (Å²) in [4.78, 5) is 10.5. The third-order valence-corrected chi connectivity index (χ3v) is 1.85. The molecule has 0 aliphatic heterocycles. The quantitative estimate of drug-likeness (QED) is 0.735. The van der Waals surface area contributed by atoms with Crippen LogP contribution >= 0.6 is 0 Å². The summed E-state index contributed by atoms with van der Waals surface area (Å²) in [5.74, 6) is -3.39. The molecule has 0 heterocycles. The van der Waals surface area contributed by atoms with Gasteiger partial charge in [0, 0.05) is 5.56 Å². The van der Waals surface area contributed by atoms with Crippen LogP contribution < -0.4 is 0 Å². The Kier molecular flexibility index (Phi) is 2.51. The van der Waals surface area contributed by atoms with E-state index in [1.165, 1.54) is 19.1 Å². The van der Waals surface area contributed by atoms with E-state index in [1.807, 2.05) is 0 Å². The van der Waals surface area contributed by atoms with Crippen LogP contribution in [0.25, 0.3) is 0 Å². The van der Waals surface area contributed by atoms with Crippen molar-refractivity contribution in [3.05, 3.63) is 29.6 Å². The number of hydrogen-bond acceptors (Lipinski definition) is 2. The van der Waals surface area contributed by atoms with Crippen molar-refractivity contribution in [3.8, 4) is 5.75 Å². The van der Waals surface area contributed by atoms with Crippen molar-refractivity contribution in [1.29, 1.82) is 0 Å². The van der Waals surface area contributed by atoms with E-state index in [4.69, 9.17) is 5.11 Å². The number of halogens is 1. The molecule has 0 bridgehead atoms. The van der Waals surface area contributed by atoms with Gasteiger partial charge in [-0.25, -0.2) is 4.39 Å². The fraction of sp³-hybridized carbons (Fsp3) is 0.222. The molecule has 0 fully saturated rings. The number of carbonyl (C=O) groups is 1. The third-order valence-electron chi connectivity index (χ3n) is 1.85. The number of aliphatic carboxylic acids is 1. The van der Waals surface area contributed by atoms with Gasteiger partial charge in [0.1, 0.15) is 0 Å². The molecule has 70 valence electrons. The minimum absolute atomic E-state index is 0.0903. The molecule has 1 unspecified atom stereocenters. The Morgan fingerprint density at radius 1 is 1.54 bits per heavy atom. The lowest BCUT2D eigenvalue weighted by atomic mass is 10.0. The van der Waals surface area contributed by atoms with Crippen LogP contribution in [0.1, 0.15) is 18.4 Å². The molecular weight excluding hydrogens is 175 g/mol. The first-order chi connectivity index (χ1) is 6.04. The smallest absolute Gasteiger partial charge is 0.310 e. The Labute approximate surface area is 74.4 Å². The van der Waals surface area contributed by atoms with Gasteiger partial charge in [0.15, 0.2) is 11.6 Å². The molecule has 0 aromatic heterocycles. The van der Waals surface area contributed by atoms with Gasteiger partial charge in [0.25, 0.3) is 0 Å². The average Bonchev–Trinajstić information content (AvgIpc) is 2.08. The van der Waals surface area contributed by atoms with Crippen LogP contribution in [0.5, 0.6) is 5.75 Å². The monoisotopic (exact) mass is 184 g/mol. The van der Waals surface area contributed by atoms with E-state index in [9.17, 15) is 14.3 Å². The summed E-state index contributed by atoms with van der Waals surface area (Å²) in [6.45, 7) is 1.39. The number of rotatable bonds is 2. The van der Waals surface area contributed by atoms with E-state index in [-0.39, 0.29) is 5.56 Å². The molecule has 1 aromatic carbocycles. The summed E-state index contributed by atoms with van der Waals surface area (Å²) in [5, 5.41) is 17.8. The van der Waals surface area contributed by atoms with Crippen LogP contribution in [-0.2, 0) is 4.79 Å². The number of benzene rings is 1. The van der Waals surface area contributed by atoms with Gasteiger partial charge in [0.05, 0.1) is 5.92 Å². The van der Waals surface area contributed by atoms with E-state index in [0.717, 1.165) is 6.07 Å². The van der Waals surface area contributed by atoms with E-state index in [0.29, 0.717) is 0 Å². The van der Waals surface area contributed by atoms with Crippen molar-refractivity contribution in [2.45, 2.75) is 12.8 Å². The van der Waals surface area contributed by atoms with E-state index in [2.05, 4.69) is 0 Å². The molecule has 4 heteroatoms. The van der Waals surface area contributed by atoms with E-state index in [1.54, 1.807) is 0 Å². The lowest BCUT2D eigenvalue weighted by Crippen LogP contribution is -2.07. The first kappa shape index (κ1) is 9.51. The number of aromatic hydroxyl groups is 1. The summed E-state index contributed by atoms with van der Waals surface area (Å²) < 4.78 is 12.8. The molecule has 0 aliphatic rings. The number of para-hydroxylation sites is 1. The predicted molar refractivity (Wildman–Crippen MR) is 44.1 cm³/mol. The highest BCUT2D eigenvalue weighted by molar-refractivity contribution is 5.76. The molecule has 1 atom stereocenters. The normalized spacial score (nSPS) is 12.5. The summed E-state index contributed by atoms with van der Waals surface area (Å²) in [5.41, 5.74) is 0.0903. The number of phenols is 1. The largest absolute Gasteiger partial charge is 0.505 e. The van der Waals surface area contributed by atoms with Gasteiger partial charge in [-0.3, -0.25) is 4.79 Å². The first-order valence-corrected chi connectivity index (χ1v) is 3.74. The second-order valence-corrected chi connectivity index (χ2v) is 2.74. The lowest BCUT2D eigenvalue weighted by molar-refractivity contribution is -0.138. The molecule has 2 N–H and O–H groups in total. The standard InChI is InChI=1S/C9H9FO3/c1-5(9(12)13)6-3-2-4-7(10)8(6)11/h2-5,11H,1H3,(H,12,13). The Morgan fingerprint density at radius 2 is 2.15 bits per heavy atom. The number of carboxylic acid groups (broad SMARTS) is 1. The van der Waals surface area contributed by atoms with Crippen LogP contribution in [-0.4, -0.2) is 16.2 Å². The minimum atomic E-state index is -1.10. The number of carboxylic acids is 1. The van der Waals surface area contributed by atoms with Crippen LogP contribution in [0.3, 0.4) is 0 Å². The summed E-state index contributed by atoms with van der Waals surface area (Å²) in [7, 11) is 0. The van der Waals surface area contributed by atoms with Gasteiger partial charge in [-0.15, -0.1) is 0 Å². The lowest BCUT2D eigenvalue weighted by Gasteiger charge is -2.08. The van der Waals surface area contributed by atoms with Gasteiger partial charge in [0.2, 0.25) is 0 Å².